The highest BCUT2D eigenvalue weighted by molar-refractivity contribution is 5.77. The lowest BCUT2D eigenvalue weighted by Gasteiger charge is -2.26. The predicted octanol–water partition coefficient (Wildman–Crippen LogP) is 2.71. The van der Waals surface area contributed by atoms with Crippen LogP contribution in [-0.2, 0) is 4.79 Å². The molecular weight excluding hydrogens is 224 g/mol. The first-order valence-electron chi connectivity index (χ1n) is 7.69. The molecule has 1 amide bonds. The third-order valence-electron chi connectivity index (χ3n) is 3.91. The van der Waals surface area contributed by atoms with Crippen LogP contribution in [0.3, 0.4) is 0 Å². The van der Waals surface area contributed by atoms with Crippen molar-refractivity contribution in [3.8, 4) is 0 Å². The van der Waals surface area contributed by atoms with E-state index in [9.17, 15) is 4.79 Å². The zero-order chi connectivity index (χ0) is 13.2. The third-order valence-corrected chi connectivity index (χ3v) is 3.91. The molecule has 3 heteroatoms. The first kappa shape index (κ1) is 15.5. The lowest BCUT2D eigenvalue weighted by Crippen LogP contribution is -2.35. The summed E-state index contributed by atoms with van der Waals surface area (Å²) in [6.45, 7) is 6.78. The highest BCUT2D eigenvalue weighted by atomic mass is 16.1. The zero-order valence-corrected chi connectivity index (χ0v) is 12.1. The third kappa shape index (κ3) is 7.00. The van der Waals surface area contributed by atoms with E-state index in [1.807, 2.05) is 0 Å². The van der Waals surface area contributed by atoms with Crippen LogP contribution in [0.1, 0.15) is 58.8 Å². The summed E-state index contributed by atoms with van der Waals surface area (Å²) in [4.78, 5) is 11.4. The molecule has 0 bridgehead atoms. The molecule has 0 aromatic rings. The van der Waals surface area contributed by atoms with Gasteiger partial charge in [0.15, 0.2) is 0 Å². The van der Waals surface area contributed by atoms with E-state index in [2.05, 4.69) is 24.5 Å². The first-order chi connectivity index (χ1) is 8.72. The van der Waals surface area contributed by atoms with Crippen LogP contribution in [-0.4, -0.2) is 25.5 Å². The Hall–Kier alpha value is -0.570. The number of carbonyl (C=O) groups is 1. The van der Waals surface area contributed by atoms with Gasteiger partial charge in [0, 0.05) is 6.54 Å². The second kappa shape index (κ2) is 9.37. The Kier molecular flexibility index (Phi) is 8.06. The quantitative estimate of drug-likeness (QED) is 0.654. The van der Waals surface area contributed by atoms with Crippen molar-refractivity contribution in [2.45, 2.75) is 58.8 Å². The van der Waals surface area contributed by atoms with Crippen molar-refractivity contribution in [2.24, 2.45) is 11.8 Å². The topological polar surface area (TPSA) is 41.1 Å². The first-order valence-corrected chi connectivity index (χ1v) is 7.69. The number of hydrogen-bond acceptors (Lipinski definition) is 2. The van der Waals surface area contributed by atoms with Crippen LogP contribution in [0.4, 0.5) is 0 Å². The van der Waals surface area contributed by atoms with E-state index in [4.69, 9.17) is 0 Å². The van der Waals surface area contributed by atoms with Gasteiger partial charge in [0.2, 0.25) is 5.91 Å². The molecule has 0 aromatic carbocycles. The SMILES string of the molecule is CCCCNC(=O)CNCCC1CCCC(C)C1. The molecule has 2 atom stereocenters. The van der Waals surface area contributed by atoms with Crippen LogP contribution in [0.25, 0.3) is 0 Å². The maximum Gasteiger partial charge on any atom is 0.233 e. The Morgan fingerprint density at radius 3 is 2.83 bits per heavy atom. The molecule has 2 N–H and O–H groups in total. The molecule has 1 rings (SSSR count). The summed E-state index contributed by atoms with van der Waals surface area (Å²) in [6, 6.07) is 0. The molecule has 0 aliphatic heterocycles. The van der Waals surface area contributed by atoms with Crippen LogP contribution in [0.5, 0.6) is 0 Å². The van der Waals surface area contributed by atoms with Gasteiger partial charge in [0.1, 0.15) is 0 Å². The molecule has 0 spiro atoms. The van der Waals surface area contributed by atoms with Crippen molar-refractivity contribution >= 4 is 5.91 Å². The normalized spacial score (nSPS) is 23.9. The van der Waals surface area contributed by atoms with Crippen molar-refractivity contribution < 1.29 is 4.79 Å². The van der Waals surface area contributed by atoms with Gasteiger partial charge < -0.3 is 10.6 Å². The Bertz CT molecular complexity index is 231. The Morgan fingerprint density at radius 1 is 1.28 bits per heavy atom. The van der Waals surface area contributed by atoms with Crippen molar-refractivity contribution in [1.29, 1.82) is 0 Å². The van der Waals surface area contributed by atoms with Crippen molar-refractivity contribution in [1.82, 2.24) is 10.6 Å². The summed E-state index contributed by atoms with van der Waals surface area (Å²) in [5, 5.41) is 6.19. The van der Waals surface area contributed by atoms with E-state index in [-0.39, 0.29) is 5.91 Å². The van der Waals surface area contributed by atoms with E-state index in [1.54, 1.807) is 0 Å². The fourth-order valence-electron chi connectivity index (χ4n) is 2.80. The molecule has 1 saturated carbocycles. The van der Waals surface area contributed by atoms with Gasteiger partial charge in [0.25, 0.3) is 0 Å². The highest BCUT2D eigenvalue weighted by Gasteiger charge is 2.18. The maximum atomic E-state index is 11.4. The Labute approximate surface area is 112 Å². The number of amides is 1. The summed E-state index contributed by atoms with van der Waals surface area (Å²) in [6.07, 6.45) is 9.00. The molecule has 1 aliphatic carbocycles. The smallest absolute Gasteiger partial charge is 0.233 e. The van der Waals surface area contributed by atoms with Crippen LogP contribution in [0, 0.1) is 11.8 Å². The van der Waals surface area contributed by atoms with E-state index in [0.717, 1.165) is 37.8 Å². The number of unbranched alkanes of at least 4 members (excludes halogenated alkanes) is 1. The molecule has 1 aliphatic rings. The minimum Gasteiger partial charge on any atom is -0.355 e. The van der Waals surface area contributed by atoms with Gasteiger partial charge in [-0.2, -0.15) is 0 Å². The van der Waals surface area contributed by atoms with Gasteiger partial charge in [-0.25, -0.2) is 0 Å². The van der Waals surface area contributed by atoms with Crippen LogP contribution in [0.2, 0.25) is 0 Å². The summed E-state index contributed by atoms with van der Waals surface area (Å²) in [7, 11) is 0. The largest absolute Gasteiger partial charge is 0.355 e. The summed E-state index contributed by atoms with van der Waals surface area (Å²) in [5.74, 6) is 1.92. The molecule has 18 heavy (non-hydrogen) atoms. The number of rotatable bonds is 8. The second-order valence-electron chi connectivity index (χ2n) is 5.81. The van der Waals surface area contributed by atoms with E-state index in [1.165, 1.54) is 32.1 Å². The van der Waals surface area contributed by atoms with Gasteiger partial charge in [-0.3, -0.25) is 4.79 Å². The molecule has 3 nitrogen and oxygen atoms in total. The zero-order valence-electron chi connectivity index (χ0n) is 12.1. The lowest BCUT2D eigenvalue weighted by molar-refractivity contribution is -0.120. The van der Waals surface area contributed by atoms with E-state index >= 15 is 0 Å². The molecule has 0 saturated heterocycles. The van der Waals surface area contributed by atoms with Gasteiger partial charge in [-0.15, -0.1) is 0 Å². The fraction of sp³-hybridized carbons (Fsp3) is 0.933. The van der Waals surface area contributed by atoms with Gasteiger partial charge in [-0.05, 0) is 37.6 Å². The predicted molar refractivity (Wildman–Crippen MR) is 76.5 cm³/mol. The summed E-state index contributed by atoms with van der Waals surface area (Å²) < 4.78 is 0. The molecule has 0 heterocycles. The molecule has 2 unspecified atom stereocenters. The van der Waals surface area contributed by atoms with Crippen LogP contribution < -0.4 is 10.6 Å². The standard InChI is InChI=1S/C15H30N2O/c1-3-4-9-17-15(18)12-16-10-8-14-7-5-6-13(2)11-14/h13-14,16H,3-12H2,1-2H3,(H,17,18). The number of carbonyl (C=O) groups excluding carboxylic acids is 1. The van der Waals surface area contributed by atoms with Gasteiger partial charge in [0.05, 0.1) is 6.54 Å². The van der Waals surface area contributed by atoms with Gasteiger partial charge in [-0.1, -0.05) is 39.5 Å². The molecule has 106 valence electrons. The minimum absolute atomic E-state index is 0.139. The maximum absolute atomic E-state index is 11.4. The molecule has 1 fully saturated rings. The average Bonchev–Trinajstić information content (AvgIpc) is 2.35. The molecule has 0 radical (unpaired) electrons. The number of nitrogens with one attached hydrogen (secondary N) is 2. The lowest BCUT2D eigenvalue weighted by atomic mass is 9.81. The highest BCUT2D eigenvalue weighted by Crippen LogP contribution is 2.30. The van der Waals surface area contributed by atoms with Crippen molar-refractivity contribution in [3.63, 3.8) is 0 Å². The second-order valence-corrected chi connectivity index (χ2v) is 5.81. The Morgan fingerprint density at radius 2 is 2.11 bits per heavy atom. The Balaban J connectivity index is 1.95. The van der Waals surface area contributed by atoms with Crippen LogP contribution >= 0.6 is 0 Å². The van der Waals surface area contributed by atoms with Crippen LogP contribution in [0.15, 0.2) is 0 Å². The van der Waals surface area contributed by atoms with E-state index in [0.29, 0.717) is 6.54 Å². The monoisotopic (exact) mass is 254 g/mol. The van der Waals surface area contributed by atoms with Gasteiger partial charge >= 0.3 is 0 Å². The average molecular weight is 254 g/mol. The summed E-state index contributed by atoms with van der Waals surface area (Å²) >= 11 is 0. The molecule has 0 aromatic heterocycles. The fourth-order valence-corrected chi connectivity index (χ4v) is 2.80. The number of hydrogen-bond donors (Lipinski definition) is 2. The molecular formula is C15H30N2O. The summed E-state index contributed by atoms with van der Waals surface area (Å²) in [5.41, 5.74) is 0. The van der Waals surface area contributed by atoms with Crippen molar-refractivity contribution in [3.05, 3.63) is 0 Å². The van der Waals surface area contributed by atoms with Crippen molar-refractivity contribution in [2.75, 3.05) is 19.6 Å². The van der Waals surface area contributed by atoms with E-state index < -0.39 is 0 Å². The minimum atomic E-state index is 0.139.